The molecular formula is C23H30FN5O3. The number of nitrogens with zero attached hydrogens (tertiary/aromatic N) is 3. The number of rotatable bonds is 6. The number of pyridine rings is 1. The number of carbonyl (C=O) groups is 2. The van der Waals surface area contributed by atoms with Gasteiger partial charge in [-0.15, -0.1) is 0 Å². The summed E-state index contributed by atoms with van der Waals surface area (Å²) in [5.74, 6) is -0.510. The van der Waals surface area contributed by atoms with Crippen molar-refractivity contribution in [1.29, 1.82) is 0 Å². The Balaban J connectivity index is 1.60. The van der Waals surface area contributed by atoms with Gasteiger partial charge in [-0.2, -0.15) is 0 Å². The van der Waals surface area contributed by atoms with Gasteiger partial charge in [-0.05, 0) is 63.1 Å². The first-order chi connectivity index (χ1) is 15.4. The van der Waals surface area contributed by atoms with Gasteiger partial charge in [0.2, 0.25) is 0 Å². The summed E-state index contributed by atoms with van der Waals surface area (Å²) >= 11 is 0. The van der Waals surface area contributed by atoms with Crippen molar-refractivity contribution in [3.63, 3.8) is 0 Å². The number of likely N-dealkylation sites (N-methyl/N-ethyl adjacent to an activating group) is 1. The number of piperidine rings is 1. The highest BCUT2D eigenvalue weighted by Crippen LogP contribution is 2.21. The van der Waals surface area contributed by atoms with Gasteiger partial charge in [0, 0.05) is 31.9 Å². The fourth-order valence-corrected chi connectivity index (χ4v) is 3.72. The third kappa shape index (κ3) is 6.40. The second-order valence-corrected chi connectivity index (χ2v) is 7.92. The van der Waals surface area contributed by atoms with Crippen LogP contribution in [0.4, 0.5) is 25.4 Å². The summed E-state index contributed by atoms with van der Waals surface area (Å²) < 4.78 is 19.4. The molecule has 0 aliphatic carbocycles. The van der Waals surface area contributed by atoms with Crippen LogP contribution < -0.4 is 10.6 Å². The van der Waals surface area contributed by atoms with Crippen molar-refractivity contribution < 1.29 is 18.7 Å². The second kappa shape index (κ2) is 10.9. The number of likely N-dealkylation sites (tertiary alicyclic amines) is 1. The molecule has 1 aromatic heterocycles. The molecule has 1 fully saturated rings. The van der Waals surface area contributed by atoms with Crippen LogP contribution in [0.25, 0.3) is 0 Å². The van der Waals surface area contributed by atoms with Crippen LogP contribution in [0, 0.1) is 12.7 Å². The maximum absolute atomic E-state index is 14.3. The average Bonchev–Trinajstić information content (AvgIpc) is 2.77. The van der Waals surface area contributed by atoms with Crippen LogP contribution >= 0.6 is 0 Å². The number of aryl methyl sites for hydroxylation is 1. The molecule has 2 aromatic rings. The summed E-state index contributed by atoms with van der Waals surface area (Å²) in [6.45, 7) is 6.16. The van der Waals surface area contributed by atoms with Gasteiger partial charge in [0.15, 0.2) is 0 Å². The predicted molar refractivity (Wildman–Crippen MR) is 121 cm³/mol. The molecule has 8 nitrogen and oxygen atoms in total. The topological polar surface area (TPSA) is 86.8 Å². The average molecular weight is 444 g/mol. The maximum atomic E-state index is 14.3. The van der Waals surface area contributed by atoms with E-state index in [2.05, 4.69) is 20.5 Å². The molecular weight excluding hydrogens is 413 g/mol. The molecule has 0 saturated carbocycles. The van der Waals surface area contributed by atoms with E-state index in [1.165, 1.54) is 6.07 Å². The summed E-state index contributed by atoms with van der Waals surface area (Å²) in [6.07, 6.45) is 3.09. The number of aromatic nitrogens is 1. The van der Waals surface area contributed by atoms with Crippen molar-refractivity contribution in [3.05, 3.63) is 53.6 Å². The SMILES string of the molecule is CCOC(=O)N(C)[C@H]1CCCN(Cc2ccc(F)c(NC(=O)Nc3ccc(C)nc3)c2)C1. The van der Waals surface area contributed by atoms with Crippen molar-refractivity contribution in [2.24, 2.45) is 0 Å². The van der Waals surface area contributed by atoms with E-state index in [1.54, 1.807) is 49.3 Å². The number of anilines is 2. The van der Waals surface area contributed by atoms with E-state index in [-0.39, 0.29) is 17.8 Å². The highest BCUT2D eigenvalue weighted by molar-refractivity contribution is 5.99. The Hall–Kier alpha value is -3.20. The minimum atomic E-state index is -0.541. The molecule has 1 atom stereocenters. The number of ether oxygens (including phenoxy) is 1. The minimum Gasteiger partial charge on any atom is -0.450 e. The van der Waals surface area contributed by atoms with Crippen molar-refractivity contribution in [3.8, 4) is 0 Å². The molecule has 9 heteroatoms. The zero-order valence-electron chi connectivity index (χ0n) is 18.7. The summed E-state index contributed by atoms with van der Waals surface area (Å²) in [6, 6.07) is 7.74. The lowest BCUT2D eigenvalue weighted by Gasteiger charge is -2.37. The smallest absolute Gasteiger partial charge is 0.409 e. The van der Waals surface area contributed by atoms with Crippen molar-refractivity contribution in [2.75, 3.05) is 37.4 Å². The Morgan fingerprint density at radius 3 is 2.81 bits per heavy atom. The first-order valence-electron chi connectivity index (χ1n) is 10.8. The lowest BCUT2D eigenvalue weighted by molar-refractivity contribution is 0.0735. The lowest BCUT2D eigenvalue weighted by atomic mass is 10.0. The van der Waals surface area contributed by atoms with Crippen LogP contribution in [0.3, 0.4) is 0 Å². The number of halogens is 1. The summed E-state index contributed by atoms with van der Waals surface area (Å²) in [7, 11) is 1.76. The number of carbonyl (C=O) groups excluding carboxylic acids is 2. The number of urea groups is 1. The highest BCUT2D eigenvalue weighted by Gasteiger charge is 2.27. The van der Waals surface area contributed by atoms with Crippen molar-refractivity contribution in [2.45, 2.75) is 39.3 Å². The van der Waals surface area contributed by atoms with Crippen LogP contribution in [0.15, 0.2) is 36.5 Å². The summed E-state index contributed by atoms with van der Waals surface area (Å²) in [5.41, 5.74) is 2.34. The second-order valence-electron chi connectivity index (χ2n) is 7.92. The van der Waals surface area contributed by atoms with E-state index < -0.39 is 11.8 Å². The molecule has 0 spiro atoms. The molecule has 2 heterocycles. The Labute approximate surface area is 187 Å². The van der Waals surface area contributed by atoms with Gasteiger partial charge in [0.25, 0.3) is 0 Å². The van der Waals surface area contributed by atoms with Crippen LogP contribution in [-0.2, 0) is 11.3 Å². The minimum absolute atomic E-state index is 0.0646. The molecule has 172 valence electrons. The molecule has 1 aliphatic heterocycles. The zero-order valence-corrected chi connectivity index (χ0v) is 18.7. The predicted octanol–water partition coefficient (Wildman–Crippen LogP) is 4.23. The largest absolute Gasteiger partial charge is 0.450 e. The maximum Gasteiger partial charge on any atom is 0.409 e. The van der Waals surface area contributed by atoms with Crippen LogP contribution in [0.2, 0.25) is 0 Å². The Kier molecular flexibility index (Phi) is 7.99. The molecule has 0 unspecified atom stereocenters. The van der Waals surface area contributed by atoms with E-state index >= 15 is 0 Å². The Bertz CT molecular complexity index is 938. The van der Waals surface area contributed by atoms with Crippen LogP contribution in [-0.4, -0.2) is 59.7 Å². The molecule has 0 radical (unpaired) electrons. The van der Waals surface area contributed by atoms with Gasteiger partial charge < -0.3 is 20.3 Å². The van der Waals surface area contributed by atoms with Gasteiger partial charge in [0.1, 0.15) is 5.82 Å². The molecule has 3 amide bonds. The van der Waals surface area contributed by atoms with E-state index in [1.807, 2.05) is 6.92 Å². The monoisotopic (exact) mass is 443 g/mol. The van der Waals surface area contributed by atoms with Gasteiger partial charge in [-0.25, -0.2) is 14.0 Å². The number of hydrogen-bond donors (Lipinski definition) is 2. The van der Waals surface area contributed by atoms with E-state index in [4.69, 9.17) is 4.74 Å². The quantitative estimate of drug-likeness (QED) is 0.698. The standard InChI is InChI=1S/C23H30FN5O3/c1-4-32-23(31)28(3)19-6-5-11-29(15-19)14-17-8-10-20(24)21(12-17)27-22(30)26-18-9-7-16(2)25-13-18/h7-10,12-13,19H,4-6,11,14-15H2,1-3H3,(H2,26,27,30)/t19-/m0/s1. The molecule has 2 N–H and O–H groups in total. The van der Waals surface area contributed by atoms with Crippen LogP contribution in [0.1, 0.15) is 31.0 Å². The summed E-state index contributed by atoms with van der Waals surface area (Å²) in [5, 5.41) is 5.21. The van der Waals surface area contributed by atoms with E-state index in [0.29, 0.717) is 25.4 Å². The van der Waals surface area contributed by atoms with Crippen molar-refractivity contribution >= 4 is 23.5 Å². The Morgan fingerprint density at radius 2 is 2.09 bits per heavy atom. The molecule has 0 bridgehead atoms. The normalized spacial score (nSPS) is 16.3. The third-order valence-electron chi connectivity index (χ3n) is 5.44. The fraction of sp³-hybridized carbons (Fsp3) is 0.435. The lowest BCUT2D eigenvalue weighted by Crippen LogP contribution is -2.48. The zero-order chi connectivity index (χ0) is 23.1. The summed E-state index contributed by atoms with van der Waals surface area (Å²) in [4.78, 5) is 32.3. The number of amides is 3. The molecule has 3 rings (SSSR count). The van der Waals surface area contributed by atoms with E-state index in [0.717, 1.165) is 30.6 Å². The third-order valence-corrected chi connectivity index (χ3v) is 5.44. The molecule has 32 heavy (non-hydrogen) atoms. The van der Waals surface area contributed by atoms with Crippen LogP contribution in [0.5, 0.6) is 0 Å². The van der Waals surface area contributed by atoms with Gasteiger partial charge in [-0.3, -0.25) is 9.88 Å². The number of hydrogen-bond acceptors (Lipinski definition) is 5. The Morgan fingerprint density at radius 1 is 1.28 bits per heavy atom. The molecule has 1 aromatic carbocycles. The highest BCUT2D eigenvalue weighted by atomic mass is 19.1. The van der Waals surface area contributed by atoms with E-state index in [9.17, 15) is 14.0 Å². The van der Waals surface area contributed by atoms with Gasteiger partial charge in [0.05, 0.1) is 24.2 Å². The van der Waals surface area contributed by atoms with Crippen molar-refractivity contribution in [1.82, 2.24) is 14.8 Å². The number of nitrogens with one attached hydrogen (secondary N) is 2. The molecule has 1 aliphatic rings. The molecule has 1 saturated heterocycles. The first-order valence-corrected chi connectivity index (χ1v) is 10.8. The van der Waals surface area contributed by atoms with Gasteiger partial charge >= 0.3 is 12.1 Å². The first kappa shape index (κ1) is 23.5. The fourth-order valence-electron chi connectivity index (χ4n) is 3.72. The van der Waals surface area contributed by atoms with Gasteiger partial charge in [-0.1, -0.05) is 6.07 Å². The number of benzene rings is 1.